The topological polar surface area (TPSA) is 230 Å². The molecule has 1 aromatic rings. The Morgan fingerprint density at radius 2 is 1.16 bits per heavy atom. The predicted octanol–water partition coefficient (Wildman–Crippen LogP) is 1.21. The van der Waals surface area contributed by atoms with E-state index >= 15 is 0 Å². The van der Waals surface area contributed by atoms with Gasteiger partial charge >= 0.3 is 0 Å². The number of alkyl halides is 1. The number of aliphatic carboxylic acids is 4. The van der Waals surface area contributed by atoms with Crippen LogP contribution in [-0.4, -0.2) is 68.1 Å². The zero-order valence-corrected chi connectivity index (χ0v) is 20.0. The van der Waals surface area contributed by atoms with E-state index in [-0.39, 0.29) is 11.9 Å². The van der Waals surface area contributed by atoms with Crippen LogP contribution in [0.3, 0.4) is 0 Å². The van der Waals surface area contributed by atoms with E-state index in [0.717, 1.165) is 45.4 Å². The SMILES string of the molecule is CC(=O)O.CC(=O)O.CC(=O)O.CC(=O)O.NCC(N)Cc1ccc(NC(=O)CBr)cc1. The lowest BCUT2D eigenvalue weighted by Gasteiger charge is -2.09. The number of hydrogen-bond donors (Lipinski definition) is 7. The zero-order chi connectivity index (χ0) is 26.3. The van der Waals surface area contributed by atoms with Gasteiger partial charge in [-0.1, -0.05) is 28.1 Å². The van der Waals surface area contributed by atoms with Crippen LogP contribution in [0.1, 0.15) is 33.3 Å². The lowest BCUT2D eigenvalue weighted by atomic mass is 10.1. The van der Waals surface area contributed by atoms with Gasteiger partial charge in [0.25, 0.3) is 23.9 Å². The van der Waals surface area contributed by atoms with E-state index in [1.807, 2.05) is 24.3 Å². The Hall–Kier alpha value is -3.03. The van der Waals surface area contributed by atoms with E-state index < -0.39 is 23.9 Å². The van der Waals surface area contributed by atoms with Crippen LogP contribution >= 0.6 is 15.9 Å². The first-order chi connectivity index (χ1) is 14.6. The lowest BCUT2D eigenvalue weighted by Crippen LogP contribution is -2.31. The van der Waals surface area contributed by atoms with Crippen LogP contribution in [0.2, 0.25) is 0 Å². The summed E-state index contributed by atoms with van der Waals surface area (Å²) in [6, 6.07) is 7.60. The number of hydrogen-bond acceptors (Lipinski definition) is 7. The zero-order valence-electron chi connectivity index (χ0n) is 18.4. The van der Waals surface area contributed by atoms with Crippen molar-refractivity contribution in [3.8, 4) is 0 Å². The number of amides is 1. The summed E-state index contributed by atoms with van der Waals surface area (Å²) in [4.78, 5) is 47.1. The molecule has 0 aliphatic heterocycles. The van der Waals surface area contributed by atoms with Crippen molar-refractivity contribution in [1.29, 1.82) is 0 Å². The summed E-state index contributed by atoms with van der Waals surface area (Å²) < 4.78 is 0. The van der Waals surface area contributed by atoms with Crippen molar-refractivity contribution in [1.82, 2.24) is 0 Å². The van der Waals surface area contributed by atoms with E-state index in [0.29, 0.717) is 11.9 Å². The largest absolute Gasteiger partial charge is 0.481 e. The van der Waals surface area contributed by atoms with E-state index in [1.165, 1.54) is 0 Å². The van der Waals surface area contributed by atoms with Crippen LogP contribution in [0, 0.1) is 0 Å². The number of anilines is 1. The molecule has 0 spiro atoms. The maximum Gasteiger partial charge on any atom is 0.300 e. The summed E-state index contributed by atoms with van der Waals surface area (Å²) in [5.41, 5.74) is 13.1. The molecule has 0 aliphatic carbocycles. The van der Waals surface area contributed by atoms with Crippen molar-refractivity contribution < 1.29 is 44.4 Å². The molecule has 0 saturated carbocycles. The number of carbonyl (C=O) groups is 5. The molecule has 13 heteroatoms. The number of nitrogens with two attached hydrogens (primary N) is 2. The molecule has 32 heavy (non-hydrogen) atoms. The van der Waals surface area contributed by atoms with Gasteiger partial charge in [0.05, 0.1) is 5.33 Å². The van der Waals surface area contributed by atoms with Gasteiger partial charge in [0.15, 0.2) is 0 Å². The smallest absolute Gasteiger partial charge is 0.300 e. The highest BCUT2D eigenvalue weighted by Crippen LogP contribution is 2.10. The molecule has 184 valence electrons. The highest BCUT2D eigenvalue weighted by Gasteiger charge is 2.03. The number of rotatable bonds is 5. The number of benzene rings is 1. The van der Waals surface area contributed by atoms with Crippen LogP contribution in [0.25, 0.3) is 0 Å². The van der Waals surface area contributed by atoms with Gasteiger partial charge in [0, 0.05) is 46.0 Å². The molecule has 0 aromatic heterocycles. The van der Waals surface area contributed by atoms with Crippen molar-refractivity contribution in [2.45, 2.75) is 40.2 Å². The number of carbonyl (C=O) groups excluding carboxylic acids is 1. The number of carboxylic acids is 4. The average Bonchev–Trinajstić information content (AvgIpc) is 2.61. The van der Waals surface area contributed by atoms with Gasteiger partial charge in [-0.05, 0) is 24.1 Å². The monoisotopic (exact) mass is 525 g/mol. The molecule has 1 rings (SSSR count). The quantitative estimate of drug-likeness (QED) is 0.270. The molecule has 9 N–H and O–H groups in total. The molecule has 0 bridgehead atoms. The molecule has 1 amide bonds. The summed E-state index contributed by atoms with van der Waals surface area (Å²) in [6.45, 7) is 4.81. The first kappa shape index (κ1) is 36.3. The first-order valence-corrected chi connectivity index (χ1v) is 9.89. The minimum Gasteiger partial charge on any atom is -0.481 e. The Balaban J connectivity index is -0.000000200. The van der Waals surface area contributed by atoms with E-state index in [4.69, 9.17) is 51.1 Å². The Morgan fingerprint density at radius 3 is 1.41 bits per heavy atom. The molecule has 1 atom stereocenters. The normalized spacial score (nSPS) is 9.22. The summed E-state index contributed by atoms with van der Waals surface area (Å²) in [5, 5.41) is 32.7. The second-order valence-corrected chi connectivity index (χ2v) is 6.22. The molecular weight excluding hydrogens is 494 g/mol. The Bertz CT molecular complexity index is 619. The van der Waals surface area contributed by atoms with Crippen LogP contribution in [0.5, 0.6) is 0 Å². The summed E-state index contributed by atoms with van der Waals surface area (Å²) in [7, 11) is 0. The Morgan fingerprint density at radius 1 is 0.844 bits per heavy atom. The number of nitrogens with one attached hydrogen (secondary N) is 1. The van der Waals surface area contributed by atoms with Crippen molar-refractivity contribution in [2.75, 3.05) is 17.2 Å². The van der Waals surface area contributed by atoms with Crippen LogP contribution in [0.4, 0.5) is 5.69 Å². The average molecular weight is 526 g/mol. The third-order valence-corrected chi connectivity index (χ3v) is 2.67. The minimum atomic E-state index is -0.833. The van der Waals surface area contributed by atoms with Gasteiger partial charge in [-0.15, -0.1) is 0 Å². The molecule has 0 fully saturated rings. The van der Waals surface area contributed by atoms with Gasteiger partial charge in [0.1, 0.15) is 0 Å². The van der Waals surface area contributed by atoms with Crippen LogP contribution in [0.15, 0.2) is 24.3 Å². The third kappa shape index (κ3) is 50.5. The fourth-order valence-electron chi connectivity index (χ4n) is 1.30. The molecule has 0 radical (unpaired) electrons. The van der Waals surface area contributed by atoms with Crippen LogP contribution in [-0.2, 0) is 30.4 Å². The van der Waals surface area contributed by atoms with Crippen molar-refractivity contribution in [3.05, 3.63) is 29.8 Å². The van der Waals surface area contributed by atoms with Gasteiger partial charge < -0.3 is 37.2 Å². The maximum atomic E-state index is 11.1. The highest BCUT2D eigenvalue weighted by atomic mass is 79.9. The molecule has 0 aliphatic rings. The second-order valence-electron chi connectivity index (χ2n) is 5.65. The maximum absolute atomic E-state index is 11.1. The Labute approximate surface area is 194 Å². The predicted molar refractivity (Wildman–Crippen MR) is 123 cm³/mol. The minimum absolute atomic E-state index is 0.0111. The fourth-order valence-corrected chi connectivity index (χ4v) is 1.44. The second kappa shape index (κ2) is 24.2. The van der Waals surface area contributed by atoms with Gasteiger partial charge in [0.2, 0.25) is 5.91 Å². The van der Waals surface area contributed by atoms with Crippen molar-refractivity contribution in [3.63, 3.8) is 0 Å². The first-order valence-electron chi connectivity index (χ1n) is 8.77. The van der Waals surface area contributed by atoms with Crippen molar-refractivity contribution >= 4 is 51.4 Å². The molecule has 1 unspecified atom stereocenters. The molecule has 12 nitrogen and oxygen atoms in total. The Kier molecular flexibility index (Phi) is 27.5. The molecular formula is C19H32BrN3O9. The lowest BCUT2D eigenvalue weighted by molar-refractivity contribution is -0.135. The summed E-state index contributed by atoms with van der Waals surface area (Å²) in [5.74, 6) is -3.40. The van der Waals surface area contributed by atoms with E-state index in [2.05, 4.69) is 21.2 Å². The van der Waals surface area contributed by atoms with Gasteiger partial charge in [-0.25, -0.2) is 0 Å². The fraction of sp³-hybridized carbons (Fsp3) is 0.421. The van der Waals surface area contributed by atoms with Crippen LogP contribution < -0.4 is 16.8 Å². The standard InChI is InChI=1S/C11H16BrN3O.4C2H4O2/c12-6-11(16)15-10-3-1-8(2-4-10)5-9(14)7-13;4*1-2(3)4/h1-4,9H,5-7,13-14H2,(H,15,16);4*1H3,(H,3,4). The molecule has 0 saturated heterocycles. The highest BCUT2D eigenvalue weighted by molar-refractivity contribution is 9.09. The third-order valence-electron chi connectivity index (χ3n) is 2.16. The summed E-state index contributed by atoms with van der Waals surface area (Å²) >= 11 is 3.09. The molecule has 1 aromatic carbocycles. The van der Waals surface area contributed by atoms with E-state index in [9.17, 15) is 4.79 Å². The number of carboxylic acid groups (broad SMARTS) is 4. The van der Waals surface area contributed by atoms with Gasteiger partial charge in [-0.2, -0.15) is 0 Å². The van der Waals surface area contributed by atoms with Gasteiger partial charge in [-0.3, -0.25) is 24.0 Å². The number of halogens is 1. The summed E-state index contributed by atoms with van der Waals surface area (Å²) in [6.07, 6.45) is 0.753. The molecule has 0 heterocycles. The van der Waals surface area contributed by atoms with E-state index in [1.54, 1.807) is 0 Å². The van der Waals surface area contributed by atoms with Crippen molar-refractivity contribution in [2.24, 2.45) is 11.5 Å².